The Morgan fingerprint density at radius 2 is 0.636 bits per heavy atom. The van der Waals surface area contributed by atoms with Crippen LogP contribution in [0.5, 0.6) is 0 Å². The Bertz CT molecular complexity index is 439. The molecule has 3 heteroatoms. The molecule has 0 aliphatic heterocycles. The first-order chi connectivity index (χ1) is 14.8. The van der Waals surface area contributed by atoms with Gasteiger partial charge in [-0.15, -0.1) is 0 Å². The van der Waals surface area contributed by atoms with Crippen LogP contribution in [0, 0.1) is 47.3 Å². The summed E-state index contributed by atoms with van der Waals surface area (Å²) in [5.41, 5.74) is 0. The van der Waals surface area contributed by atoms with Crippen LogP contribution in [0.3, 0.4) is 0 Å². The van der Waals surface area contributed by atoms with Gasteiger partial charge in [0.1, 0.15) is 17.3 Å². The lowest BCUT2D eigenvalue weighted by Crippen LogP contribution is -2.13. The van der Waals surface area contributed by atoms with Crippen LogP contribution in [-0.4, -0.2) is 17.3 Å². The molecule has 0 aliphatic rings. The molecule has 0 atom stereocenters. The summed E-state index contributed by atoms with van der Waals surface area (Å²) in [5.74, 6) is 4.73. The SMILES string of the molecule is CC(C)C(=O)C(C)C.CC(C)CC(=O)C(C)C.CC(C)CC(=O)C(C)C.CC(C)CC(C)C. The summed E-state index contributed by atoms with van der Waals surface area (Å²) in [4.78, 5) is 32.7. The van der Waals surface area contributed by atoms with Gasteiger partial charge in [-0.05, 0) is 30.1 Å². The lowest BCUT2D eigenvalue weighted by molar-refractivity contribution is -0.125. The summed E-state index contributed by atoms with van der Waals surface area (Å²) < 4.78 is 0. The van der Waals surface area contributed by atoms with Gasteiger partial charge in [0.25, 0.3) is 0 Å². The van der Waals surface area contributed by atoms with Gasteiger partial charge in [0, 0.05) is 36.5 Å². The zero-order valence-corrected chi connectivity index (χ0v) is 25.5. The van der Waals surface area contributed by atoms with Gasteiger partial charge in [-0.25, -0.2) is 0 Å². The summed E-state index contributed by atoms with van der Waals surface area (Å²) in [6.45, 7) is 32.9. The molecule has 0 aliphatic carbocycles. The van der Waals surface area contributed by atoms with E-state index in [0.717, 1.165) is 24.7 Å². The van der Waals surface area contributed by atoms with Crippen molar-refractivity contribution < 1.29 is 14.4 Å². The molecule has 0 aromatic carbocycles. The molecule has 200 valence electrons. The average molecular weight is 471 g/mol. The molecule has 0 rings (SSSR count). The first-order valence-electron chi connectivity index (χ1n) is 13.3. The van der Waals surface area contributed by atoms with Crippen LogP contribution in [0.2, 0.25) is 0 Å². The molecule has 0 saturated heterocycles. The minimum atomic E-state index is 0.204. The second kappa shape index (κ2) is 22.8. The lowest BCUT2D eigenvalue weighted by atomic mass is 9.99. The molecule has 3 nitrogen and oxygen atoms in total. The summed E-state index contributed by atoms with van der Waals surface area (Å²) >= 11 is 0. The van der Waals surface area contributed by atoms with Crippen LogP contribution in [0.25, 0.3) is 0 Å². The van der Waals surface area contributed by atoms with E-state index in [4.69, 9.17) is 0 Å². The molecule has 0 fully saturated rings. The maximum absolute atomic E-state index is 11.0. The van der Waals surface area contributed by atoms with Crippen LogP contribution >= 0.6 is 0 Å². The second-order valence-corrected chi connectivity index (χ2v) is 12.2. The van der Waals surface area contributed by atoms with Crippen LogP contribution in [0.15, 0.2) is 0 Å². The lowest BCUT2D eigenvalue weighted by Gasteiger charge is -2.05. The Kier molecular flexibility index (Phi) is 27.1. The molecule has 0 heterocycles. The molecular formula is C30H62O3. The van der Waals surface area contributed by atoms with Crippen LogP contribution in [0.1, 0.15) is 130 Å². The summed E-state index contributed by atoms with van der Waals surface area (Å²) in [5, 5.41) is 0. The van der Waals surface area contributed by atoms with Gasteiger partial charge in [-0.2, -0.15) is 0 Å². The van der Waals surface area contributed by atoms with Crippen molar-refractivity contribution in [2.24, 2.45) is 47.3 Å². The molecule has 0 saturated carbocycles. The molecule has 0 unspecified atom stereocenters. The van der Waals surface area contributed by atoms with E-state index in [1.165, 1.54) is 6.42 Å². The van der Waals surface area contributed by atoms with Crippen molar-refractivity contribution in [2.75, 3.05) is 0 Å². The Morgan fingerprint density at radius 1 is 0.394 bits per heavy atom. The van der Waals surface area contributed by atoms with Crippen molar-refractivity contribution in [3.8, 4) is 0 Å². The van der Waals surface area contributed by atoms with Gasteiger partial charge in [-0.1, -0.05) is 111 Å². The standard InChI is InChI=1S/2C8H16O.C7H14O.C7H16/c2*1-6(2)5-8(9)7(3)4;1-5(2)7(8)6(3)4;1-6(2)5-7(3)4/h2*6-7H,5H2,1-4H3;5-6H,1-4H3;6-7H,5H2,1-4H3. The third-order valence-corrected chi connectivity index (χ3v) is 4.59. The third-order valence-electron chi connectivity index (χ3n) is 4.59. The molecule has 33 heavy (non-hydrogen) atoms. The molecular weight excluding hydrogens is 408 g/mol. The van der Waals surface area contributed by atoms with E-state index in [2.05, 4.69) is 55.4 Å². The highest BCUT2D eigenvalue weighted by atomic mass is 16.1. The van der Waals surface area contributed by atoms with Gasteiger partial charge < -0.3 is 0 Å². The topological polar surface area (TPSA) is 51.2 Å². The van der Waals surface area contributed by atoms with E-state index in [-0.39, 0.29) is 23.7 Å². The Morgan fingerprint density at radius 3 is 0.667 bits per heavy atom. The number of ketones is 3. The zero-order chi connectivity index (χ0) is 27.5. The fourth-order valence-corrected chi connectivity index (χ4v) is 2.89. The first-order valence-corrected chi connectivity index (χ1v) is 13.3. The Balaban J connectivity index is -0.000000171. The summed E-state index contributed by atoms with van der Waals surface area (Å²) in [6.07, 6.45) is 2.83. The Labute approximate surface area is 209 Å². The van der Waals surface area contributed by atoms with E-state index in [1.54, 1.807) is 0 Å². The minimum absolute atomic E-state index is 0.204. The van der Waals surface area contributed by atoms with E-state index in [0.29, 0.717) is 29.2 Å². The van der Waals surface area contributed by atoms with Crippen molar-refractivity contribution in [2.45, 2.75) is 130 Å². The number of hydrogen-bond donors (Lipinski definition) is 0. The highest BCUT2D eigenvalue weighted by Gasteiger charge is 2.10. The minimum Gasteiger partial charge on any atom is -0.299 e. The van der Waals surface area contributed by atoms with Gasteiger partial charge in [-0.3, -0.25) is 14.4 Å². The van der Waals surface area contributed by atoms with Crippen molar-refractivity contribution in [3.05, 3.63) is 0 Å². The van der Waals surface area contributed by atoms with Crippen LogP contribution in [-0.2, 0) is 14.4 Å². The number of carbonyl (C=O) groups excluding carboxylic acids is 3. The van der Waals surface area contributed by atoms with Crippen molar-refractivity contribution in [1.82, 2.24) is 0 Å². The number of carbonyl (C=O) groups is 3. The molecule has 0 N–H and O–H groups in total. The van der Waals surface area contributed by atoms with Gasteiger partial charge >= 0.3 is 0 Å². The Hall–Kier alpha value is -0.990. The van der Waals surface area contributed by atoms with Gasteiger partial charge in [0.2, 0.25) is 0 Å². The summed E-state index contributed by atoms with van der Waals surface area (Å²) in [7, 11) is 0. The molecule has 0 bridgehead atoms. The second-order valence-electron chi connectivity index (χ2n) is 12.2. The van der Waals surface area contributed by atoms with Gasteiger partial charge in [0.05, 0.1) is 0 Å². The number of rotatable bonds is 10. The first kappa shape index (κ1) is 39.2. The molecule has 0 radical (unpaired) electrons. The van der Waals surface area contributed by atoms with E-state index in [9.17, 15) is 14.4 Å². The van der Waals surface area contributed by atoms with Gasteiger partial charge in [0.15, 0.2) is 0 Å². The van der Waals surface area contributed by atoms with Crippen molar-refractivity contribution in [1.29, 1.82) is 0 Å². The van der Waals surface area contributed by atoms with Crippen molar-refractivity contribution in [3.63, 3.8) is 0 Å². The third kappa shape index (κ3) is 35.8. The average Bonchev–Trinajstić information content (AvgIpc) is 2.59. The highest BCUT2D eigenvalue weighted by molar-refractivity contribution is 5.82. The number of hydrogen-bond acceptors (Lipinski definition) is 3. The smallest absolute Gasteiger partial charge is 0.137 e. The predicted octanol–water partition coefficient (Wildman–Crippen LogP) is 9.07. The molecule has 0 amide bonds. The van der Waals surface area contributed by atoms with Crippen LogP contribution in [0.4, 0.5) is 0 Å². The van der Waals surface area contributed by atoms with E-state index in [1.807, 2.05) is 55.4 Å². The monoisotopic (exact) mass is 470 g/mol. The zero-order valence-electron chi connectivity index (χ0n) is 25.5. The maximum atomic E-state index is 11.0. The molecule has 0 aromatic rings. The highest BCUT2D eigenvalue weighted by Crippen LogP contribution is 2.08. The van der Waals surface area contributed by atoms with E-state index >= 15 is 0 Å². The fourth-order valence-electron chi connectivity index (χ4n) is 2.89. The maximum Gasteiger partial charge on any atom is 0.137 e. The fraction of sp³-hybridized carbons (Fsp3) is 0.900. The molecule has 0 aromatic heterocycles. The summed E-state index contributed by atoms with van der Waals surface area (Å²) in [6, 6.07) is 0. The quantitative estimate of drug-likeness (QED) is 0.320. The van der Waals surface area contributed by atoms with E-state index < -0.39 is 0 Å². The largest absolute Gasteiger partial charge is 0.299 e. The van der Waals surface area contributed by atoms with Crippen molar-refractivity contribution >= 4 is 17.3 Å². The molecule has 0 spiro atoms. The predicted molar refractivity (Wildman–Crippen MR) is 148 cm³/mol. The normalized spacial score (nSPS) is 10.9. The van der Waals surface area contributed by atoms with Crippen LogP contribution < -0.4 is 0 Å². The number of Topliss-reactive ketones (excluding diaryl/α,β-unsaturated/α-hetero) is 3.